The molecule has 27 heavy (non-hydrogen) atoms. The summed E-state index contributed by atoms with van der Waals surface area (Å²) < 4.78 is 7.30. The molecule has 2 aromatic rings. The van der Waals surface area contributed by atoms with Crippen LogP contribution < -0.4 is 9.80 Å². The Morgan fingerprint density at radius 3 is 2.78 bits per heavy atom. The molecule has 0 radical (unpaired) electrons. The lowest BCUT2D eigenvalue weighted by molar-refractivity contribution is -0.900. The maximum atomic E-state index is 9.21. The van der Waals surface area contributed by atoms with E-state index in [1.807, 2.05) is 11.3 Å². The summed E-state index contributed by atoms with van der Waals surface area (Å²) in [7, 11) is 0. The number of thioether (sulfide) groups is 1. The number of nitrogens with zero attached hydrogens (tertiary/aromatic N) is 3. The van der Waals surface area contributed by atoms with Gasteiger partial charge >= 0.3 is 0 Å². The average Bonchev–Trinajstić information content (AvgIpc) is 2.98. The molecule has 2 aliphatic heterocycles. The third-order valence-corrected chi connectivity index (χ3v) is 7.32. The number of hydrogen-bond acceptors (Lipinski definition) is 7. The van der Waals surface area contributed by atoms with E-state index in [1.54, 1.807) is 11.8 Å². The van der Waals surface area contributed by atoms with Crippen LogP contribution in [0.3, 0.4) is 0 Å². The molecule has 148 valence electrons. The van der Waals surface area contributed by atoms with Gasteiger partial charge in [0.1, 0.15) is 6.54 Å². The van der Waals surface area contributed by atoms with Gasteiger partial charge in [-0.25, -0.2) is 9.97 Å². The smallest absolute Gasteiger partial charge is 0.190 e. The summed E-state index contributed by atoms with van der Waals surface area (Å²) >= 11 is 3.56. The van der Waals surface area contributed by atoms with Crippen molar-refractivity contribution in [1.82, 2.24) is 9.97 Å². The predicted molar refractivity (Wildman–Crippen MR) is 111 cm³/mol. The Morgan fingerprint density at radius 2 is 2.07 bits per heavy atom. The Kier molecular flexibility index (Phi) is 5.62. The van der Waals surface area contributed by atoms with Gasteiger partial charge < -0.3 is 19.6 Å². The largest absolute Gasteiger partial charge is 0.391 e. The summed E-state index contributed by atoms with van der Waals surface area (Å²) in [4.78, 5) is 15.1. The summed E-state index contributed by atoms with van der Waals surface area (Å²) in [6, 6.07) is 0. The number of fused-ring (bicyclic) bond motifs is 3. The summed E-state index contributed by atoms with van der Waals surface area (Å²) in [5.41, 5.74) is 2.25. The monoisotopic (exact) mass is 409 g/mol. The predicted octanol–water partition coefficient (Wildman–Crippen LogP) is 1.35. The van der Waals surface area contributed by atoms with Crippen LogP contribution in [0, 0.1) is 0 Å². The molecule has 4 heterocycles. The molecule has 2 aromatic heterocycles. The number of nitrogens with one attached hydrogen (secondary N) is 1. The van der Waals surface area contributed by atoms with Gasteiger partial charge in [0.15, 0.2) is 11.0 Å². The maximum Gasteiger partial charge on any atom is 0.190 e. The van der Waals surface area contributed by atoms with E-state index < -0.39 is 0 Å². The average molecular weight is 410 g/mol. The van der Waals surface area contributed by atoms with Gasteiger partial charge in [0.25, 0.3) is 0 Å². The first kappa shape index (κ1) is 19.4. The summed E-state index contributed by atoms with van der Waals surface area (Å²) in [5.74, 6) is 2.06. The van der Waals surface area contributed by atoms with E-state index in [-0.39, 0.29) is 12.2 Å². The van der Waals surface area contributed by atoms with Gasteiger partial charge in [-0.05, 0) is 19.6 Å². The van der Waals surface area contributed by atoms with Crippen LogP contribution in [-0.2, 0) is 17.8 Å². The number of hydrogen-bond donors (Lipinski definition) is 2. The minimum absolute atomic E-state index is 0.109. The molecule has 1 saturated heterocycles. The van der Waals surface area contributed by atoms with Crippen LogP contribution in [0.15, 0.2) is 5.16 Å². The number of aromatic nitrogens is 2. The number of quaternary nitrogens is 1. The first-order valence-electron chi connectivity index (χ1n) is 9.79. The molecule has 0 saturated carbocycles. The SMILES string of the molecule is CCSc1nc(N2CC[NH+](CCO)CC2)c2sc3c(c2n1)COC(C)(C)C3. The molecule has 2 aliphatic rings. The maximum absolute atomic E-state index is 9.21. The number of thiophene rings is 1. The van der Waals surface area contributed by atoms with Gasteiger partial charge in [-0.1, -0.05) is 18.7 Å². The van der Waals surface area contributed by atoms with Gasteiger partial charge in [0.2, 0.25) is 0 Å². The molecule has 2 N–H and O–H groups in total. The highest BCUT2D eigenvalue weighted by atomic mass is 32.2. The zero-order valence-electron chi connectivity index (χ0n) is 16.4. The van der Waals surface area contributed by atoms with Crippen LogP contribution in [-0.4, -0.2) is 65.8 Å². The van der Waals surface area contributed by atoms with Crippen molar-refractivity contribution in [3.8, 4) is 0 Å². The zero-order valence-corrected chi connectivity index (χ0v) is 18.0. The summed E-state index contributed by atoms with van der Waals surface area (Å²) in [6.45, 7) is 12.2. The molecular formula is C19H29N4O2S2+. The van der Waals surface area contributed by atoms with Gasteiger partial charge in [0.05, 0.1) is 55.2 Å². The minimum Gasteiger partial charge on any atom is -0.391 e. The normalized spacial score (nSPS) is 20.2. The first-order chi connectivity index (χ1) is 13.0. The molecule has 1 fully saturated rings. The highest BCUT2D eigenvalue weighted by Crippen LogP contribution is 2.42. The summed E-state index contributed by atoms with van der Waals surface area (Å²) in [6.07, 6.45) is 0.938. The molecule has 0 amide bonds. The fourth-order valence-corrected chi connectivity index (χ4v) is 5.92. The number of anilines is 1. The van der Waals surface area contributed by atoms with Crippen LogP contribution in [0.25, 0.3) is 10.2 Å². The molecule has 0 spiro atoms. The molecule has 0 aromatic carbocycles. The van der Waals surface area contributed by atoms with Crippen LogP contribution >= 0.6 is 23.1 Å². The Morgan fingerprint density at radius 1 is 1.30 bits per heavy atom. The number of piperazine rings is 1. The molecule has 0 unspecified atom stereocenters. The second-order valence-corrected chi connectivity index (χ2v) is 10.2. The number of aliphatic hydroxyl groups excluding tert-OH is 1. The third-order valence-electron chi connectivity index (χ3n) is 5.38. The fraction of sp³-hybridized carbons (Fsp3) is 0.684. The topological polar surface area (TPSA) is 62.9 Å². The van der Waals surface area contributed by atoms with Crippen molar-refractivity contribution in [2.24, 2.45) is 0 Å². The van der Waals surface area contributed by atoms with Crippen LogP contribution in [0.4, 0.5) is 5.82 Å². The van der Waals surface area contributed by atoms with E-state index in [9.17, 15) is 5.11 Å². The first-order valence-corrected chi connectivity index (χ1v) is 11.6. The van der Waals surface area contributed by atoms with Crippen LogP contribution in [0.5, 0.6) is 0 Å². The Hall–Kier alpha value is -0.930. The highest BCUT2D eigenvalue weighted by molar-refractivity contribution is 7.99. The Balaban J connectivity index is 1.72. The highest BCUT2D eigenvalue weighted by Gasteiger charge is 2.32. The molecule has 0 bridgehead atoms. The molecule has 8 heteroatoms. The van der Waals surface area contributed by atoms with Gasteiger partial charge in [-0.2, -0.15) is 0 Å². The van der Waals surface area contributed by atoms with E-state index in [4.69, 9.17) is 14.7 Å². The molecule has 0 aliphatic carbocycles. The van der Waals surface area contributed by atoms with Crippen LogP contribution in [0.2, 0.25) is 0 Å². The Labute approximate surface area is 168 Å². The lowest BCUT2D eigenvalue weighted by atomic mass is 9.98. The lowest BCUT2D eigenvalue weighted by Gasteiger charge is -2.32. The van der Waals surface area contributed by atoms with Gasteiger partial charge in [0, 0.05) is 16.9 Å². The van der Waals surface area contributed by atoms with Crippen molar-refractivity contribution in [2.75, 3.05) is 50.0 Å². The van der Waals surface area contributed by atoms with Crippen molar-refractivity contribution in [1.29, 1.82) is 0 Å². The van der Waals surface area contributed by atoms with Crippen molar-refractivity contribution in [3.05, 3.63) is 10.4 Å². The molecule has 6 nitrogen and oxygen atoms in total. The van der Waals surface area contributed by atoms with Gasteiger partial charge in [-0.3, -0.25) is 0 Å². The van der Waals surface area contributed by atoms with Crippen molar-refractivity contribution < 1.29 is 14.7 Å². The Bertz CT molecular complexity index is 816. The van der Waals surface area contributed by atoms with E-state index in [1.165, 1.54) is 20.0 Å². The quantitative estimate of drug-likeness (QED) is 0.574. The fourth-order valence-electron chi connectivity index (χ4n) is 3.88. The number of aliphatic hydroxyl groups is 1. The van der Waals surface area contributed by atoms with Crippen molar-refractivity contribution in [3.63, 3.8) is 0 Å². The minimum atomic E-state index is -0.109. The van der Waals surface area contributed by atoms with E-state index in [0.717, 1.165) is 61.4 Å². The number of ether oxygens (including phenoxy) is 1. The third kappa shape index (κ3) is 3.96. The molecular weight excluding hydrogens is 380 g/mol. The summed E-state index contributed by atoms with van der Waals surface area (Å²) in [5, 5.41) is 10.1. The van der Waals surface area contributed by atoms with E-state index in [2.05, 4.69) is 25.7 Å². The van der Waals surface area contributed by atoms with E-state index in [0.29, 0.717) is 6.61 Å². The van der Waals surface area contributed by atoms with Crippen LogP contribution in [0.1, 0.15) is 31.2 Å². The van der Waals surface area contributed by atoms with E-state index >= 15 is 0 Å². The molecule has 0 atom stereocenters. The van der Waals surface area contributed by atoms with Crippen molar-refractivity contribution >= 4 is 39.1 Å². The van der Waals surface area contributed by atoms with Crippen molar-refractivity contribution in [2.45, 2.75) is 44.6 Å². The number of rotatable bonds is 5. The standard InChI is InChI=1S/C19H28N4O2S2/c1-4-26-18-20-15-13-12-25-19(2,3)11-14(13)27-16(15)17(21-18)23-7-5-22(6-8-23)9-10-24/h24H,4-12H2,1-3H3/p+1. The lowest BCUT2D eigenvalue weighted by Crippen LogP contribution is -3.15. The molecule has 4 rings (SSSR count). The second kappa shape index (κ2) is 7.83. The second-order valence-electron chi connectivity index (χ2n) is 7.88. The zero-order chi connectivity index (χ0) is 19.0. The van der Waals surface area contributed by atoms with Gasteiger partial charge in [-0.15, -0.1) is 11.3 Å².